The number of fused-ring (bicyclic) bond motifs is 1. The molecular formula is C23H29N7O3S. The van der Waals surface area contributed by atoms with Crippen molar-refractivity contribution in [2.24, 2.45) is 5.14 Å². The van der Waals surface area contributed by atoms with Crippen LogP contribution in [0.3, 0.4) is 0 Å². The number of aryl methyl sites for hydroxylation is 2. The van der Waals surface area contributed by atoms with Gasteiger partial charge in [-0.2, -0.15) is 4.98 Å². The van der Waals surface area contributed by atoms with Gasteiger partial charge in [0.1, 0.15) is 6.10 Å². The lowest BCUT2D eigenvalue weighted by atomic mass is 9.93. The average Bonchev–Trinajstić information content (AvgIpc) is 3.45. The van der Waals surface area contributed by atoms with Crippen molar-refractivity contribution in [3.8, 4) is 17.0 Å². The Morgan fingerprint density at radius 2 is 2.03 bits per heavy atom. The van der Waals surface area contributed by atoms with E-state index in [4.69, 9.17) is 9.88 Å². The van der Waals surface area contributed by atoms with Gasteiger partial charge in [-0.05, 0) is 74.4 Å². The number of pyridine rings is 1. The molecule has 0 atom stereocenters. The first-order valence-corrected chi connectivity index (χ1v) is 13.0. The topological polar surface area (TPSA) is 139 Å². The van der Waals surface area contributed by atoms with E-state index in [1.165, 1.54) is 11.1 Å². The van der Waals surface area contributed by atoms with Crippen molar-refractivity contribution in [2.45, 2.75) is 50.3 Å². The molecule has 34 heavy (non-hydrogen) atoms. The summed E-state index contributed by atoms with van der Waals surface area (Å²) in [6, 6.07) is 6.17. The Bertz CT molecular complexity index is 1310. The fraction of sp³-hybridized carbons (Fsp3) is 0.435. The van der Waals surface area contributed by atoms with Gasteiger partial charge in [-0.3, -0.25) is 0 Å². The summed E-state index contributed by atoms with van der Waals surface area (Å²) in [6.07, 6.45) is 6.85. The Morgan fingerprint density at radius 3 is 2.76 bits per heavy atom. The van der Waals surface area contributed by atoms with Crippen LogP contribution in [-0.4, -0.2) is 59.7 Å². The minimum atomic E-state index is -3.98. The number of aromatic amines is 1. The Labute approximate surface area is 199 Å². The molecule has 5 rings (SSSR count). The zero-order chi connectivity index (χ0) is 23.9. The second-order valence-corrected chi connectivity index (χ2v) is 10.5. The van der Waals surface area contributed by atoms with Crippen molar-refractivity contribution >= 4 is 21.7 Å². The third-order valence-electron chi connectivity index (χ3n) is 6.55. The molecule has 0 unspecified atom stereocenters. The number of benzene rings is 1. The molecular weight excluding hydrogens is 454 g/mol. The summed E-state index contributed by atoms with van der Waals surface area (Å²) in [5.41, 5.74) is 6.42. The van der Waals surface area contributed by atoms with Crippen molar-refractivity contribution < 1.29 is 13.2 Å². The Morgan fingerprint density at radius 1 is 1.24 bits per heavy atom. The lowest BCUT2D eigenvalue weighted by molar-refractivity contribution is 0.110. The molecule has 1 saturated heterocycles. The van der Waals surface area contributed by atoms with Gasteiger partial charge in [-0.25, -0.2) is 23.6 Å². The van der Waals surface area contributed by atoms with Gasteiger partial charge in [0.2, 0.25) is 11.8 Å². The number of sulfonamides is 1. The van der Waals surface area contributed by atoms with Crippen molar-refractivity contribution in [1.82, 2.24) is 25.1 Å². The first-order chi connectivity index (χ1) is 16.3. The smallest absolute Gasteiger partial charge is 0.273 e. The summed E-state index contributed by atoms with van der Waals surface area (Å²) in [5, 5.41) is 14.5. The minimum absolute atomic E-state index is 0.154. The van der Waals surface area contributed by atoms with Gasteiger partial charge >= 0.3 is 0 Å². The maximum atomic E-state index is 11.6. The molecule has 11 heteroatoms. The summed E-state index contributed by atoms with van der Waals surface area (Å²) >= 11 is 0. The quantitative estimate of drug-likeness (QED) is 0.486. The monoisotopic (exact) mass is 483 g/mol. The van der Waals surface area contributed by atoms with Gasteiger partial charge in [0.05, 0.1) is 5.69 Å². The number of ether oxygens (including phenoxy) is 1. The second kappa shape index (κ2) is 8.97. The zero-order valence-corrected chi connectivity index (χ0v) is 20.2. The Balaban J connectivity index is 1.51. The molecule has 0 spiro atoms. The van der Waals surface area contributed by atoms with Crippen molar-refractivity contribution in [1.29, 1.82) is 0 Å². The molecule has 0 saturated carbocycles. The van der Waals surface area contributed by atoms with E-state index in [1.54, 1.807) is 6.20 Å². The van der Waals surface area contributed by atoms with Crippen LogP contribution in [0, 0.1) is 6.92 Å². The van der Waals surface area contributed by atoms with Gasteiger partial charge in [0.25, 0.3) is 15.2 Å². The summed E-state index contributed by atoms with van der Waals surface area (Å²) in [6.45, 7) is 4.10. The highest BCUT2D eigenvalue weighted by molar-refractivity contribution is 7.89. The van der Waals surface area contributed by atoms with E-state index in [9.17, 15) is 8.42 Å². The maximum Gasteiger partial charge on any atom is 0.273 e. The number of aromatic nitrogens is 4. The highest BCUT2D eigenvalue weighted by Crippen LogP contribution is 2.41. The van der Waals surface area contributed by atoms with Crippen LogP contribution in [0.5, 0.6) is 5.88 Å². The molecule has 1 aliphatic carbocycles. The third-order valence-corrected chi connectivity index (χ3v) is 7.27. The number of nitrogens with zero attached hydrogens (tertiary/aromatic N) is 4. The van der Waals surface area contributed by atoms with Gasteiger partial charge in [-0.1, -0.05) is 6.07 Å². The Kier molecular flexibility index (Phi) is 6.00. The normalized spacial score (nSPS) is 17.0. The van der Waals surface area contributed by atoms with Crippen LogP contribution in [0.25, 0.3) is 11.1 Å². The lowest BCUT2D eigenvalue weighted by Crippen LogP contribution is -2.35. The van der Waals surface area contributed by atoms with Crippen molar-refractivity contribution in [2.75, 3.05) is 25.5 Å². The Hall–Kier alpha value is -3.02. The summed E-state index contributed by atoms with van der Waals surface area (Å²) in [7, 11) is -1.85. The molecule has 0 radical (unpaired) electrons. The fourth-order valence-corrected chi connectivity index (χ4v) is 5.23. The van der Waals surface area contributed by atoms with E-state index in [0.717, 1.165) is 67.6 Å². The number of nitrogens with one attached hydrogen (secondary N) is 2. The summed E-state index contributed by atoms with van der Waals surface area (Å²) in [5.74, 6) is 0.758. The number of anilines is 2. The predicted octanol–water partition coefficient (Wildman–Crippen LogP) is 2.53. The maximum absolute atomic E-state index is 11.6. The minimum Gasteiger partial charge on any atom is -0.474 e. The number of hydrogen-bond donors (Lipinski definition) is 3. The van der Waals surface area contributed by atoms with Crippen LogP contribution in [0.2, 0.25) is 0 Å². The number of nitrogens with two attached hydrogens (primary N) is 1. The number of likely N-dealkylation sites (tertiary alicyclic amines) is 1. The highest BCUT2D eigenvalue weighted by Gasteiger charge is 2.24. The van der Waals surface area contributed by atoms with Crippen LogP contribution in [0.4, 0.5) is 11.6 Å². The number of hydrogen-bond acceptors (Lipinski definition) is 8. The standard InChI is InChI=1S/C23H29N7O3S/c1-14-12-15-4-3-5-18(15)21(26-22-27-23(29-28-22)34(24,31)32)20(14)16-6-9-25-19(13-16)33-17-7-10-30(2)11-8-17/h6,9,12-13,17H,3-5,7-8,10-11H2,1-2H3,(H2,24,31,32)(H2,26,27,28,29). The molecule has 3 heterocycles. The number of primary sulfonamides is 1. The second-order valence-electron chi connectivity index (χ2n) is 9.07. The average molecular weight is 484 g/mol. The molecule has 180 valence electrons. The van der Waals surface area contributed by atoms with E-state index in [1.807, 2.05) is 12.1 Å². The van der Waals surface area contributed by atoms with Gasteiger partial charge in [-0.15, -0.1) is 5.10 Å². The third kappa shape index (κ3) is 4.63. The fourth-order valence-electron chi connectivity index (χ4n) is 4.85. The lowest BCUT2D eigenvalue weighted by Gasteiger charge is -2.29. The van der Waals surface area contributed by atoms with Crippen molar-refractivity contribution in [3.05, 3.63) is 41.1 Å². The van der Waals surface area contributed by atoms with E-state index in [0.29, 0.717) is 5.88 Å². The van der Waals surface area contributed by atoms with Crippen LogP contribution < -0.4 is 15.2 Å². The molecule has 10 nitrogen and oxygen atoms in total. The summed E-state index contributed by atoms with van der Waals surface area (Å²) in [4.78, 5) is 10.8. The molecule has 0 amide bonds. The van der Waals surface area contributed by atoms with E-state index < -0.39 is 10.0 Å². The van der Waals surface area contributed by atoms with Gasteiger partial charge in [0, 0.05) is 30.9 Å². The van der Waals surface area contributed by atoms with Crippen LogP contribution in [0.15, 0.2) is 29.6 Å². The molecule has 2 aromatic heterocycles. The number of rotatable bonds is 6. The van der Waals surface area contributed by atoms with Crippen LogP contribution >= 0.6 is 0 Å². The van der Waals surface area contributed by atoms with Gasteiger partial charge < -0.3 is 15.0 Å². The van der Waals surface area contributed by atoms with Crippen molar-refractivity contribution in [3.63, 3.8) is 0 Å². The zero-order valence-electron chi connectivity index (χ0n) is 19.3. The molecule has 1 aliphatic heterocycles. The van der Waals surface area contributed by atoms with Crippen LogP contribution in [-0.2, 0) is 22.9 Å². The highest BCUT2D eigenvalue weighted by atomic mass is 32.2. The molecule has 1 fully saturated rings. The summed E-state index contributed by atoms with van der Waals surface area (Å²) < 4.78 is 29.5. The first-order valence-electron chi connectivity index (χ1n) is 11.5. The largest absolute Gasteiger partial charge is 0.474 e. The SMILES string of the molecule is Cc1cc2c(c(Nc3n[nH]c(S(N)(=O)=O)n3)c1-c1ccnc(OC3CCN(C)CC3)c1)CCC2. The number of piperidine rings is 1. The molecule has 4 N–H and O–H groups in total. The molecule has 1 aromatic carbocycles. The van der Waals surface area contributed by atoms with E-state index in [2.05, 4.69) is 50.4 Å². The van der Waals surface area contributed by atoms with E-state index in [-0.39, 0.29) is 17.2 Å². The molecule has 2 aliphatic rings. The molecule has 3 aromatic rings. The number of H-pyrrole nitrogens is 1. The predicted molar refractivity (Wildman–Crippen MR) is 129 cm³/mol. The van der Waals surface area contributed by atoms with E-state index >= 15 is 0 Å². The van der Waals surface area contributed by atoms with Crippen LogP contribution in [0.1, 0.15) is 36.0 Å². The molecule has 0 bridgehead atoms. The first kappa shape index (κ1) is 22.8. The van der Waals surface area contributed by atoms with Gasteiger partial charge in [0.15, 0.2) is 0 Å².